The largest absolute Gasteiger partial charge is 0.399 e. The Morgan fingerprint density at radius 1 is 1.50 bits per heavy atom. The maximum Gasteiger partial charge on any atom is 0.399 e. The average molecular weight is 274 g/mol. The lowest BCUT2D eigenvalue weighted by Gasteiger charge is -2.32. The van der Waals surface area contributed by atoms with E-state index in [-0.39, 0.29) is 18.5 Å². The number of aromatic nitrogens is 2. The number of allylic oxidation sites excluding steroid dienone is 1. The molecule has 3 rings (SSSR count). The molecule has 3 amide bonds. The summed E-state index contributed by atoms with van der Waals surface area (Å²) in [6, 6.07) is -0.895. The number of H-pyrrole nitrogens is 1. The maximum atomic E-state index is 12.6. The van der Waals surface area contributed by atoms with Gasteiger partial charge in [-0.1, -0.05) is 17.1 Å². The Labute approximate surface area is 116 Å². The predicted molar refractivity (Wildman–Crippen MR) is 71.5 cm³/mol. The monoisotopic (exact) mass is 274 g/mol. The molecule has 3 heterocycles. The van der Waals surface area contributed by atoms with Crippen LogP contribution >= 0.6 is 0 Å². The molecule has 1 aromatic heterocycles. The second kappa shape index (κ2) is 4.29. The second-order valence-corrected chi connectivity index (χ2v) is 4.90. The molecule has 0 aromatic carbocycles. The summed E-state index contributed by atoms with van der Waals surface area (Å²) < 4.78 is 1.78. The summed E-state index contributed by atoms with van der Waals surface area (Å²) >= 11 is 0. The number of hydrogen-bond donors (Lipinski definition) is 1. The number of likely N-dealkylation sites (N-methyl/N-ethyl adjacent to an activating group) is 1. The number of imidazole rings is 1. The summed E-state index contributed by atoms with van der Waals surface area (Å²) in [4.78, 5) is 34.9. The fraction of sp³-hybridized carbons (Fsp3) is 0.385. The first kappa shape index (κ1) is 12.6. The van der Waals surface area contributed by atoms with Crippen molar-refractivity contribution in [3.05, 3.63) is 24.0 Å². The van der Waals surface area contributed by atoms with Gasteiger partial charge in [0.05, 0.1) is 0 Å². The molecular formula is C13H16N5O2+. The highest BCUT2D eigenvalue weighted by Gasteiger charge is 2.51. The molecule has 7 nitrogen and oxygen atoms in total. The van der Waals surface area contributed by atoms with E-state index in [2.05, 4.69) is 9.98 Å². The number of carbonyl (C=O) groups excluding carboxylic acids is 2. The molecule has 104 valence electrons. The highest BCUT2D eigenvalue weighted by Crippen LogP contribution is 2.26. The van der Waals surface area contributed by atoms with Crippen LogP contribution in [0.4, 0.5) is 10.7 Å². The third-order valence-corrected chi connectivity index (χ3v) is 3.51. The molecule has 0 bridgehead atoms. The summed E-state index contributed by atoms with van der Waals surface area (Å²) in [6.45, 7) is 4.04. The van der Waals surface area contributed by atoms with Crippen molar-refractivity contribution in [1.82, 2.24) is 14.8 Å². The number of nitrogens with zero attached hydrogens (tertiary/aromatic N) is 4. The number of carbonyl (C=O) groups is 2. The fourth-order valence-electron chi connectivity index (χ4n) is 2.51. The number of aromatic amines is 1. The molecule has 1 unspecified atom stereocenters. The highest BCUT2D eigenvalue weighted by molar-refractivity contribution is 6.19. The third-order valence-electron chi connectivity index (χ3n) is 3.51. The first-order valence-corrected chi connectivity index (χ1v) is 6.44. The summed E-state index contributed by atoms with van der Waals surface area (Å²) in [5.74, 6) is 0.832. The minimum Gasteiger partial charge on any atom is -0.270 e. The number of imide groups is 1. The van der Waals surface area contributed by atoms with Crippen LogP contribution in [0.1, 0.15) is 18.7 Å². The number of nitrogens with one attached hydrogen (secondary N) is 1. The van der Waals surface area contributed by atoms with Crippen molar-refractivity contribution in [2.75, 3.05) is 13.6 Å². The van der Waals surface area contributed by atoms with Crippen molar-refractivity contribution in [3.8, 4) is 0 Å². The van der Waals surface area contributed by atoms with E-state index < -0.39 is 6.04 Å². The van der Waals surface area contributed by atoms with Gasteiger partial charge in [0.1, 0.15) is 11.9 Å². The molecule has 0 spiro atoms. The topological polar surface area (TPSA) is 72.7 Å². The van der Waals surface area contributed by atoms with Crippen molar-refractivity contribution in [3.63, 3.8) is 0 Å². The van der Waals surface area contributed by atoms with Gasteiger partial charge in [-0.15, -0.1) is 0 Å². The highest BCUT2D eigenvalue weighted by atomic mass is 16.2. The fourth-order valence-corrected chi connectivity index (χ4v) is 2.51. The van der Waals surface area contributed by atoms with E-state index in [1.165, 1.54) is 9.80 Å². The average Bonchev–Trinajstić information content (AvgIpc) is 2.92. The molecule has 1 N–H and O–H groups in total. The van der Waals surface area contributed by atoms with Crippen molar-refractivity contribution in [1.29, 1.82) is 0 Å². The molecule has 0 aliphatic carbocycles. The first-order chi connectivity index (χ1) is 9.54. The molecule has 1 atom stereocenters. The van der Waals surface area contributed by atoms with Gasteiger partial charge in [-0.25, -0.2) is 14.3 Å². The van der Waals surface area contributed by atoms with Crippen molar-refractivity contribution >= 4 is 23.7 Å². The zero-order valence-electron chi connectivity index (χ0n) is 11.6. The molecule has 2 aliphatic rings. The zero-order chi connectivity index (χ0) is 14.4. The first-order valence-electron chi connectivity index (χ1n) is 6.44. The van der Waals surface area contributed by atoms with Crippen molar-refractivity contribution < 1.29 is 14.2 Å². The second-order valence-electron chi connectivity index (χ2n) is 4.90. The van der Waals surface area contributed by atoms with Crippen LogP contribution < -0.4 is 4.57 Å². The van der Waals surface area contributed by atoms with E-state index >= 15 is 0 Å². The number of hydrogen-bond acceptors (Lipinski definition) is 3. The Morgan fingerprint density at radius 2 is 2.25 bits per heavy atom. The van der Waals surface area contributed by atoms with Gasteiger partial charge in [0.15, 0.2) is 0 Å². The molecule has 20 heavy (non-hydrogen) atoms. The number of fused-ring (bicyclic) bond motifs is 3. The van der Waals surface area contributed by atoms with Gasteiger partial charge >= 0.3 is 12.0 Å². The number of aliphatic imine (C=N–C) groups is 1. The van der Waals surface area contributed by atoms with Crippen LogP contribution in [0, 0.1) is 6.92 Å². The molecule has 7 heteroatoms. The molecule has 1 saturated heterocycles. The summed E-state index contributed by atoms with van der Waals surface area (Å²) in [5, 5.41) is 0. The van der Waals surface area contributed by atoms with Gasteiger partial charge in [0, 0.05) is 13.6 Å². The standard InChI is InChI=1S/C13H15N5O2/c1-4-5-6-17-11(19)9-10(16(3)13(17)20)15-12-14-8(2)7-18(9)12/h4-5,7,9H,6H2,1-3H3/p+1/b5-4+. The number of amides is 3. The quantitative estimate of drug-likeness (QED) is 0.636. The molecule has 0 saturated carbocycles. The van der Waals surface area contributed by atoms with E-state index in [1.807, 2.05) is 26.1 Å². The third kappa shape index (κ3) is 1.59. The molecule has 1 fully saturated rings. The van der Waals surface area contributed by atoms with E-state index in [0.29, 0.717) is 11.8 Å². The van der Waals surface area contributed by atoms with Gasteiger partial charge in [-0.2, -0.15) is 0 Å². The molecule has 0 radical (unpaired) electrons. The number of rotatable bonds is 2. The van der Waals surface area contributed by atoms with Crippen LogP contribution in [0.3, 0.4) is 0 Å². The van der Waals surface area contributed by atoms with Gasteiger partial charge < -0.3 is 0 Å². The maximum absolute atomic E-state index is 12.6. The van der Waals surface area contributed by atoms with Gasteiger partial charge in [-0.05, 0) is 13.8 Å². The lowest BCUT2D eigenvalue weighted by Crippen LogP contribution is -2.62. The molecule has 2 aliphatic heterocycles. The minimum absolute atomic E-state index is 0.243. The smallest absolute Gasteiger partial charge is 0.270 e. The van der Waals surface area contributed by atoms with Crippen LogP contribution in [0.2, 0.25) is 0 Å². The predicted octanol–water partition coefficient (Wildman–Crippen LogP) is 0.665. The lowest BCUT2D eigenvalue weighted by atomic mass is 10.1. The lowest BCUT2D eigenvalue weighted by molar-refractivity contribution is -0.676. The Morgan fingerprint density at radius 3 is 2.95 bits per heavy atom. The Bertz CT molecular complexity index is 658. The summed E-state index contributed by atoms with van der Waals surface area (Å²) in [6.07, 6.45) is 5.44. The number of urea groups is 1. The van der Waals surface area contributed by atoms with Gasteiger partial charge in [0.25, 0.3) is 5.91 Å². The van der Waals surface area contributed by atoms with E-state index in [9.17, 15) is 9.59 Å². The van der Waals surface area contributed by atoms with E-state index in [1.54, 1.807) is 17.7 Å². The Hall–Kier alpha value is -2.44. The van der Waals surface area contributed by atoms with Gasteiger partial charge in [-0.3, -0.25) is 14.6 Å². The molecule has 1 aromatic rings. The Kier molecular flexibility index (Phi) is 2.70. The van der Waals surface area contributed by atoms with Gasteiger partial charge in [0.2, 0.25) is 11.9 Å². The summed E-state index contributed by atoms with van der Waals surface area (Å²) in [5.41, 5.74) is 0.926. The molecular weight excluding hydrogens is 258 g/mol. The van der Waals surface area contributed by atoms with Crippen LogP contribution in [0.15, 0.2) is 23.3 Å². The minimum atomic E-state index is -0.553. The van der Waals surface area contributed by atoms with Crippen LogP contribution in [-0.2, 0) is 4.79 Å². The SMILES string of the molecule is C/C=C/CN1C(=O)C2C(=Nc3[nH]c(C)c[n+]32)N(C)C1=O. The van der Waals surface area contributed by atoms with Crippen LogP contribution in [0.25, 0.3) is 0 Å². The number of amidine groups is 1. The zero-order valence-corrected chi connectivity index (χ0v) is 11.6. The van der Waals surface area contributed by atoms with Crippen molar-refractivity contribution in [2.24, 2.45) is 4.99 Å². The van der Waals surface area contributed by atoms with Crippen LogP contribution in [0.5, 0.6) is 0 Å². The van der Waals surface area contributed by atoms with Crippen LogP contribution in [-0.4, -0.2) is 46.2 Å². The number of aryl methyl sites for hydroxylation is 1. The van der Waals surface area contributed by atoms with E-state index in [4.69, 9.17) is 0 Å². The van der Waals surface area contributed by atoms with E-state index in [0.717, 1.165) is 5.69 Å². The summed E-state index contributed by atoms with van der Waals surface area (Å²) in [7, 11) is 1.64. The normalized spacial score (nSPS) is 21.6. The Balaban J connectivity index is 2.03. The van der Waals surface area contributed by atoms with Crippen molar-refractivity contribution in [2.45, 2.75) is 19.9 Å².